The zero-order chi connectivity index (χ0) is 23.7. The molecule has 0 radical (unpaired) electrons. The van der Waals surface area contributed by atoms with Gasteiger partial charge in [-0.2, -0.15) is 0 Å². The largest absolute Gasteiger partial charge is 0.452 e. The topological polar surface area (TPSA) is 92.8 Å². The molecule has 3 amide bonds. The molecule has 0 unspecified atom stereocenters. The van der Waals surface area contributed by atoms with Crippen LogP contribution < -0.4 is 10.2 Å². The third-order valence-electron chi connectivity index (χ3n) is 5.77. The van der Waals surface area contributed by atoms with E-state index in [0.717, 1.165) is 0 Å². The number of nitrogens with zero attached hydrogens (tertiary/aromatic N) is 1. The number of nitrogens with one attached hydrogen (secondary N) is 1. The quantitative estimate of drug-likeness (QED) is 0.381. The van der Waals surface area contributed by atoms with Gasteiger partial charge in [0.2, 0.25) is 11.8 Å². The van der Waals surface area contributed by atoms with Crippen molar-refractivity contribution in [3.8, 4) is 0 Å². The Morgan fingerprint density at radius 1 is 1.09 bits per heavy atom. The van der Waals surface area contributed by atoms with Crippen LogP contribution >= 0.6 is 23.2 Å². The zero-order valence-corrected chi connectivity index (χ0v) is 19.1. The maximum absolute atomic E-state index is 12.9. The highest BCUT2D eigenvalue weighted by atomic mass is 35.5. The number of carbonyl (C=O) groups excluding carboxylic acids is 4. The number of esters is 1. The van der Waals surface area contributed by atoms with E-state index in [9.17, 15) is 19.2 Å². The van der Waals surface area contributed by atoms with E-state index >= 15 is 0 Å². The van der Waals surface area contributed by atoms with E-state index in [0.29, 0.717) is 22.8 Å². The van der Waals surface area contributed by atoms with Crippen molar-refractivity contribution in [1.29, 1.82) is 0 Å². The lowest BCUT2D eigenvalue weighted by atomic mass is 9.78. The zero-order valence-electron chi connectivity index (χ0n) is 17.6. The van der Waals surface area contributed by atoms with Crippen LogP contribution in [0.5, 0.6) is 0 Å². The van der Waals surface area contributed by atoms with Gasteiger partial charge in [0.05, 0.1) is 33.8 Å². The number of ether oxygens (including phenoxy) is 1. The smallest absolute Gasteiger partial charge is 0.338 e. The average Bonchev–Trinajstić information content (AvgIpc) is 3.05. The number of fused-ring (bicyclic) bond motifs is 1. The number of imide groups is 1. The van der Waals surface area contributed by atoms with Gasteiger partial charge in [0.15, 0.2) is 6.61 Å². The van der Waals surface area contributed by atoms with Gasteiger partial charge in [0, 0.05) is 5.02 Å². The minimum absolute atomic E-state index is 0.00616. The Bertz CT molecular complexity index is 1160. The average molecular weight is 487 g/mol. The summed E-state index contributed by atoms with van der Waals surface area (Å²) >= 11 is 11.8. The molecule has 4 rings (SSSR count). The highest BCUT2D eigenvalue weighted by Crippen LogP contribution is 2.40. The molecule has 3 atom stereocenters. The lowest BCUT2D eigenvalue weighted by molar-refractivity contribution is -0.123. The normalized spacial score (nSPS) is 21.7. The van der Waals surface area contributed by atoms with E-state index in [1.54, 1.807) is 6.07 Å². The Balaban J connectivity index is 1.37. The summed E-state index contributed by atoms with van der Waals surface area (Å²) in [6, 6.07) is 10.5. The third-order valence-corrected chi connectivity index (χ3v) is 6.32. The van der Waals surface area contributed by atoms with Gasteiger partial charge in [-0.1, -0.05) is 42.3 Å². The molecule has 170 valence electrons. The van der Waals surface area contributed by atoms with Gasteiger partial charge in [-0.05, 0) is 54.8 Å². The molecule has 0 spiro atoms. The molecular weight excluding hydrogens is 467 g/mol. The molecule has 2 aromatic rings. The number of allylic oxidation sites excluding steroid dienone is 2. The molecule has 0 saturated carbocycles. The monoisotopic (exact) mass is 486 g/mol. The van der Waals surface area contributed by atoms with Crippen molar-refractivity contribution in [2.24, 2.45) is 17.8 Å². The molecule has 2 aliphatic rings. The molecule has 1 aliphatic carbocycles. The SMILES string of the molecule is C[C@@H]1C=CC[C@@H]2C(=O)N(c3ccc(C(=O)OCC(=O)Nc4ccc(Cl)cc4Cl)cc3)C(=O)[C@@H]12. The second kappa shape index (κ2) is 9.37. The third kappa shape index (κ3) is 4.65. The fraction of sp³-hybridized carbons (Fsp3) is 0.250. The fourth-order valence-electron chi connectivity index (χ4n) is 4.14. The molecule has 7 nitrogen and oxygen atoms in total. The Morgan fingerprint density at radius 2 is 1.82 bits per heavy atom. The first-order valence-electron chi connectivity index (χ1n) is 10.3. The molecule has 1 N–H and O–H groups in total. The molecule has 0 aromatic heterocycles. The van der Waals surface area contributed by atoms with E-state index in [1.807, 2.05) is 19.1 Å². The van der Waals surface area contributed by atoms with Crippen LogP contribution in [0.25, 0.3) is 0 Å². The van der Waals surface area contributed by atoms with Crippen LogP contribution in [0.4, 0.5) is 11.4 Å². The van der Waals surface area contributed by atoms with E-state index in [2.05, 4.69) is 5.32 Å². The number of hydrogen-bond donors (Lipinski definition) is 1. The summed E-state index contributed by atoms with van der Waals surface area (Å²) in [5, 5.41) is 3.22. The second-order valence-corrected chi connectivity index (χ2v) is 8.81. The maximum atomic E-state index is 12.9. The van der Waals surface area contributed by atoms with Crippen LogP contribution in [0.15, 0.2) is 54.6 Å². The maximum Gasteiger partial charge on any atom is 0.338 e. The first kappa shape index (κ1) is 23.0. The second-order valence-electron chi connectivity index (χ2n) is 7.96. The van der Waals surface area contributed by atoms with E-state index in [1.165, 1.54) is 41.3 Å². The minimum atomic E-state index is -0.718. The van der Waals surface area contributed by atoms with Gasteiger partial charge in [-0.15, -0.1) is 0 Å². The minimum Gasteiger partial charge on any atom is -0.452 e. The van der Waals surface area contributed by atoms with Gasteiger partial charge in [-0.25, -0.2) is 4.79 Å². The van der Waals surface area contributed by atoms with Crippen molar-refractivity contribution in [3.05, 3.63) is 70.2 Å². The van der Waals surface area contributed by atoms with Crippen molar-refractivity contribution < 1.29 is 23.9 Å². The molecular formula is C24H20Cl2N2O5. The number of amides is 3. The molecule has 1 aliphatic heterocycles. The van der Waals surface area contributed by atoms with Crippen LogP contribution in [0, 0.1) is 17.8 Å². The Hall–Kier alpha value is -3.16. The predicted molar refractivity (Wildman–Crippen MR) is 124 cm³/mol. The first-order valence-corrected chi connectivity index (χ1v) is 11.1. The molecule has 33 heavy (non-hydrogen) atoms. The Labute approximate surface area is 200 Å². The summed E-state index contributed by atoms with van der Waals surface area (Å²) in [5.41, 5.74) is 0.928. The highest BCUT2D eigenvalue weighted by Gasteiger charge is 2.50. The number of hydrogen-bond acceptors (Lipinski definition) is 5. The summed E-state index contributed by atoms with van der Waals surface area (Å²) < 4.78 is 5.05. The Morgan fingerprint density at radius 3 is 2.48 bits per heavy atom. The van der Waals surface area contributed by atoms with Crippen molar-refractivity contribution in [2.45, 2.75) is 13.3 Å². The molecule has 1 fully saturated rings. The van der Waals surface area contributed by atoms with Crippen LogP contribution in [0.3, 0.4) is 0 Å². The number of rotatable bonds is 5. The number of halogens is 2. The molecule has 0 bridgehead atoms. The summed E-state index contributed by atoms with van der Waals surface area (Å²) in [5.74, 6) is -2.46. The van der Waals surface area contributed by atoms with Gasteiger partial charge in [0.1, 0.15) is 0 Å². The van der Waals surface area contributed by atoms with Crippen molar-refractivity contribution in [1.82, 2.24) is 0 Å². The lowest BCUT2D eigenvalue weighted by Crippen LogP contribution is -2.31. The predicted octanol–water partition coefficient (Wildman–Crippen LogP) is 4.49. The lowest BCUT2D eigenvalue weighted by Gasteiger charge is -2.22. The van der Waals surface area contributed by atoms with E-state index < -0.39 is 18.5 Å². The summed E-state index contributed by atoms with van der Waals surface area (Å²) in [7, 11) is 0. The summed E-state index contributed by atoms with van der Waals surface area (Å²) in [6.45, 7) is 1.41. The first-order chi connectivity index (χ1) is 15.8. The van der Waals surface area contributed by atoms with Gasteiger partial charge in [0.25, 0.3) is 5.91 Å². The van der Waals surface area contributed by atoms with Crippen molar-refractivity contribution in [3.63, 3.8) is 0 Å². The standard InChI is InChI=1S/C24H20Cl2N2O5/c1-13-3-2-4-17-21(13)23(31)28(22(17)30)16-8-5-14(6-9-16)24(32)33-12-20(29)27-19-10-7-15(25)11-18(19)26/h2-3,5-11,13,17,21H,4,12H2,1H3,(H,27,29)/t13-,17+,21+/m1/s1. The number of carbonyl (C=O) groups is 4. The summed E-state index contributed by atoms with van der Waals surface area (Å²) in [4.78, 5) is 51.3. The van der Waals surface area contributed by atoms with E-state index in [4.69, 9.17) is 27.9 Å². The van der Waals surface area contributed by atoms with Crippen LogP contribution in [0.2, 0.25) is 10.0 Å². The number of benzene rings is 2. The van der Waals surface area contributed by atoms with E-state index in [-0.39, 0.29) is 40.2 Å². The molecule has 1 saturated heterocycles. The molecule has 1 heterocycles. The van der Waals surface area contributed by atoms with Crippen molar-refractivity contribution in [2.75, 3.05) is 16.8 Å². The molecule has 2 aromatic carbocycles. The van der Waals surface area contributed by atoms with Gasteiger partial charge in [-0.3, -0.25) is 19.3 Å². The van der Waals surface area contributed by atoms with Gasteiger partial charge < -0.3 is 10.1 Å². The van der Waals surface area contributed by atoms with Crippen LogP contribution in [-0.2, 0) is 19.1 Å². The number of anilines is 2. The highest BCUT2D eigenvalue weighted by molar-refractivity contribution is 6.36. The molecule has 9 heteroatoms. The summed E-state index contributed by atoms with van der Waals surface area (Å²) in [6.07, 6.45) is 4.45. The van der Waals surface area contributed by atoms with Crippen LogP contribution in [-0.4, -0.2) is 30.3 Å². The van der Waals surface area contributed by atoms with Crippen molar-refractivity contribution >= 4 is 58.3 Å². The van der Waals surface area contributed by atoms with Gasteiger partial charge >= 0.3 is 5.97 Å². The fourth-order valence-corrected chi connectivity index (χ4v) is 4.60. The van der Waals surface area contributed by atoms with Crippen LogP contribution in [0.1, 0.15) is 23.7 Å². The Kier molecular flexibility index (Phi) is 6.54.